The maximum absolute atomic E-state index is 13.4. The van der Waals surface area contributed by atoms with E-state index in [1.54, 1.807) is 13.8 Å². The van der Waals surface area contributed by atoms with Crippen molar-refractivity contribution in [3.63, 3.8) is 0 Å². The molecule has 7 heteroatoms. The largest absolute Gasteiger partial charge is 0.399 e. The number of nitrogen functional groups attached to an aromatic ring is 1. The summed E-state index contributed by atoms with van der Waals surface area (Å²) in [5.74, 6) is -0.659. The molecule has 0 aliphatic rings. The fraction of sp³-hybridized carbons (Fsp3) is 0.286. The van der Waals surface area contributed by atoms with Crippen LogP contribution in [0.5, 0.6) is 0 Å². The summed E-state index contributed by atoms with van der Waals surface area (Å²) in [5, 5.41) is 1.89. The van der Waals surface area contributed by atoms with Gasteiger partial charge in [-0.05, 0) is 43.5 Å². The quantitative estimate of drug-likeness (QED) is 0.858. The first-order valence-electron chi connectivity index (χ1n) is 6.41. The second kappa shape index (κ2) is 6.13. The number of hydrogen-bond donors (Lipinski definition) is 1. The number of thiophene rings is 1. The number of nitrogens with zero attached hydrogens (tertiary/aromatic N) is 1. The first-order valence-corrected chi connectivity index (χ1v) is 8.73. The Balaban J connectivity index is 2.42. The highest BCUT2D eigenvalue weighted by Crippen LogP contribution is 2.24. The minimum atomic E-state index is -3.80. The van der Waals surface area contributed by atoms with Crippen molar-refractivity contribution in [3.05, 3.63) is 46.4 Å². The van der Waals surface area contributed by atoms with E-state index < -0.39 is 15.8 Å². The van der Waals surface area contributed by atoms with Crippen LogP contribution in [0.15, 0.2) is 40.6 Å². The normalized spacial score (nSPS) is 12.2. The molecule has 21 heavy (non-hydrogen) atoms. The predicted molar refractivity (Wildman–Crippen MR) is 83.0 cm³/mol. The molecule has 2 N–H and O–H groups in total. The van der Waals surface area contributed by atoms with Crippen LogP contribution in [0.25, 0.3) is 0 Å². The number of halogens is 1. The van der Waals surface area contributed by atoms with E-state index in [9.17, 15) is 12.8 Å². The Morgan fingerprint density at radius 1 is 1.33 bits per heavy atom. The van der Waals surface area contributed by atoms with E-state index in [-0.39, 0.29) is 23.2 Å². The van der Waals surface area contributed by atoms with Gasteiger partial charge in [0, 0.05) is 23.2 Å². The molecule has 0 saturated heterocycles. The molecular weight excluding hydrogens is 311 g/mol. The molecule has 1 aromatic carbocycles. The Morgan fingerprint density at radius 2 is 2.05 bits per heavy atom. The van der Waals surface area contributed by atoms with Gasteiger partial charge in [0.1, 0.15) is 5.82 Å². The topological polar surface area (TPSA) is 63.4 Å². The predicted octanol–water partition coefficient (Wildman–Crippen LogP) is 3.07. The molecule has 114 valence electrons. The SMILES string of the molecule is CC(C)N(Cc1cccs1)S(=O)(=O)c1cc(N)cc(F)c1. The third kappa shape index (κ3) is 3.61. The zero-order valence-corrected chi connectivity index (χ0v) is 13.4. The molecule has 0 unspecified atom stereocenters. The summed E-state index contributed by atoms with van der Waals surface area (Å²) >= 11 is 1.48. The Labute approximate surface area is 128 Å². The molecule has 0 fully saturated rings. The Bertz CT molecular complexity index is 692. The lowest BCUT2D eigenvalue weighted by atomic mass is 10.3. The van der Waals surface area contributed by atoms with Crippen LogP contribution in [0, 0.1) is 5.82 Å². The fourth-order valence-corrected chi connectivity index (χ4v) is 4.44. The van der Waals surface area contributed by atoms with Gasteiger partial charge in [-0.3, -0.25) is 0 Å². The van der Waals surface area contributed by atoms with Crippen LogP contribution < -0.4 is 5.73 Å². The zero-order chi connectivity index (χ0) is 15.6. The summed E-state index contributed by atoms with van der Waals surface area (Å²) in [5.41, 5.74) is 5.64. The van der Waals surface area contributed by atoms with E-state index in [1.165, 1.54) is 21.7 Å². The van der Waals surface area contributed by atoms with Crippen molar-refractivity contribution >= 4 is 27.0 Å². The van der Waals surface area contributed by atoms with E-state index in [0.29, 0.717) is 0 Å². The number of sulfonamides is 1. The maximum Gasteiger partial charge on any atom is 0.243 e. The summed E-state index contributed by atoms with van der Waals surface area (Å²) in [7, 11) is -3.80. The van der Waals surface area contributed by atoms with Crippen molar-refractivity contribution in [1.29, 1.82) is 0 Å². The summed E-state index contributed by atoms with van der Waals surface area (Å²) in [6.07, 6.45) is 0. The molecule has 0 aliphatic carbocycles. The van der Waals surface area contributed by atoms with Gasteiger partial charge in [0.2, 0.25) is 10.0 Å². The van der Waals surface area contributed by atoms with E-state index in [2.05, 4.69) is 0 Å². The number of rotatable bonds is 5. The van der Waals surface area contributed by atoms with Gasteiger partial charge in [-0.25, -0.2) is 12.8 Å². The van der Waals surface area contributed by atoms with Crippen LogP contribution in [-0.2, 0) is 16.6 Å². The Hall–Kier alpha value is -1.44. The molecule has 2 rings (SSSR count). The molecule has 1 aromatic heterocycles. The molecule has 0 radical (unpaired) electrons. The van der Waals surface area contributed by atoms with Gasteiger partial charge >= 0.3 is 0 Å². The Morgan fingerprint density at radius 3 is 2.57 bits per heavy atom. The summed E-state index contributed by atoms with van der Waals surface area (Å²) in [4.78, 5) is 0.807. The summed E-state index contributed by atoms with van der Waals surface area (Å²) < 4.78 is 40.2. The monoisotopic (exact) mass is 328 g/mol. The zero-order valence-electron chi connectivity index (χ0n) is 11.8. The molecular formula is C14H17FN2O2S2. The van der Waals surface area contributed by atoms with E-state index in [1.807, 2.05) is 17.5 Å². The summed E-state index contributed by atoms with van der Waals surface area (Å²) in [6, 6.07) is 6.86. The molecule has 4 nitrogen and oxygen atoms in total. The van der Waals surface area contributed by atoms with Crippen LogP contribution in [-0.4, -0.2) is 18.8 Å². The van der Waals surface area contributed by atoms with Crippen molar-refractivity contribution in [3.8, 4) is 0 Å². The first-order chi connectivity index (χ1) is 9.80. The second-order valence-electron chi connectivity index (χ2n) is 4.94. The second-order valence-corrected chi connectivity index (χ2v) is 7.87. The third-order valence-corrected chi connectivity index (χ3v) is 5.83. The van der Waals surface area contributed by atoms with E-state index in [0.717, 1.165) is 17.0 Å². The average Bonchev–Trinajstić information content (AvgIpc) is 2.87. The van der Waals surface area contributed by atoms with Crippen LogP contribution in [0.2, 0.25) is 0 Å². The highest BCUT2D eigenvalue weighted by Gasteiger charge is 2.28. The average molecular weight is 328 g/mol. The molecule has 0 amide bonds. The third-order valence-electron chi connectivity index (χ3n) is 2.97. The Kier molecular flexibility index (Phi) is 4.65. The molecule has 0 atom stereocenters. The first kappa shape index (κ1) is 15.9. The van der Waals surface area contributed by atoms with Gasteiger partial charge in [0.05, 0.1) is 4.90 Å². The van der Waals surface area contributed by atoms with Crippen LogP contribution >= 0.6 is 11.3 Å². The van der Waals surface area contributed by atoms with Crippen LogP contribution in [0.3, 0.4) is 0 Å². The van der Waals surface area contributed by atoms with Gasteiger partial charge < -0.3 is 5.73 Å². The highest BCUT2D eigenvalue weighted by atomic mass is 32.2. The van der Waals surface area contributed by atoms with Crippen molar-refractivity contribution in [1.82, 2.24) is 4.31 Å². The van der Waals surface area contributed by atoms with E-state index in [4.69, 9.17) is 5.73 Å². The van der Waals surface area contributed by atoms with Gasteiger partial charge in [0.15, 0.2) is 0 Å². The standard InChI is InChI=1S/C14H17FN2O2S2/c1-10(2)17(9-13-4-3-5-20-13)21(18,19)14-7-11(15)6-12(16)8-14/h3-8,10H,9,16H2,1-2H3. The van der Waals surface area contributed by atoms with Crippen molar-refractivity contribution < 1.29 is 12.8 Å². The number of anilines is 1. The van der Waals surface area contributed by atoms with Crippen LogP contribution in [0.1, 0.15) is 18.7 Å². The van der Waals surface area contributed by atoms with Gasteiger partial charge in [-0.1, -0.05) is 6.07 Å². The lowest BCUT2D eigenvalue weighted by Gasteiger charge is -2.25. The molecule has 0 bridgehead atoms. The minimum absolute atomic E-state index is 0.0911. The van der Waals surface area contributed by atoms with Crippen molar-refractivity contribution in [2.45, 2.75) is 31.3 Å². The van der Waals surface area contributed by atoms with Gasteiger partial charge in [-0.2, -0.15) is 4.31 Å². The van der Waals surface area contributed by atoms with Gasteiger partial charge in [-0.15, -0.1) is 11.3 Å². The lowest BCUT2D eigenvalue weighted by molar-refractivity contribution is 0.350. The van der Waals surface area contributed by atoms with E-state index >= 15 is 0 Å². The minimum Gasteiger partial charge on any atom is -0.399 e. The molecule has 1 heterocycles. The summed E-state index contributed by atoms with van der Waals surface area (Å²) in [6.45, 7) is 3.83. The number of benzene rings is 1. The number of hydrogen-bond acceptors (Lipinski definition) is 4. The molecule has 0 spiro atoms. The van der Waals surface area contributed by atoms with Crippen LogP contribution in [0.4, 0.5) is 10.1 Å². The van der Waals surface area contributed by atoms with Crippen molar-refractivity contribution in [2.24, 2.45) is 0 Å². The van der Waals surface area contributed by atoms with Gasteiger partial charge in [0.25, 0.3) is 0 Å². The molecule has 0 aliphatic heterocycles. The highest BCUT2D eigenvalue weighted by molar-refractivity contribution is 7.89. The lowest BCUT2D eigenvalue weighted by Crippen LogP contribution is -2.36. The maximum atomic E-state index is 13.4. The molecule has 2 aromatic rings. The fourth-order valence-electron chi connectivity index (χ4n) is 1.97. The van der Waals surface area contributed by atoms with Crippen molar-refractivity contribution in [2.75, 3.05) is 5.73 Å². The molecule has 0 saturated carbocycles. The number of nitrogens with two attached hydrogens (primary N) is 1. The smallest absolute Gasteiger partial charge is 0.243 e.